The highest BCUT2D eigenvalue weighted by molar-refractivity contribution is 7.12. The second kappa shape index (κ2) is 4.81. The lowest BCUT2D eigenvalue weighted by Crippen LogP contribution is -1.96. The van der Waals surface area contributed by atoms with Gasteiger partial charge in [0.05, 0.1) is 0 Å². The van der Waals surface area contributed by atoms with Crippen molar-refractivity contribution in [3.8, 4) is 0 Å². The van der Waals surface area contributed by atoms with Gasteiger partial charge < -0.3 is 5.11 Å². The van der Waals surface area contributed by atoms with E-state index in [0.717, 1.165) is 16.9 Å². The van der Waals surface area contributed by atoms with Crippen LogP contribution >= 0.6 is 11.3 Å². The second-order valence-corrected chi connectivity index (χ2v) is 5.27. The van der Waals surface area contributed by atoms with E-state index in [-0.39, 0.29) is 0 Å². The lowest BCUT2D eigenvalue weighted by atomic mass is 10.0. The van der Waals surface area contributed by atoms with Crippen LogP contribution in [0.5, 0.6) is 0 Å². The van der Waals surface area contributed by atoms with Crippen molar-refractivity contribution in [3.63, 3.8) is 0 Å². The normalized spacial score (nSPS) is 12.7. The predicted octanol–water partition coefficient (Wildman–Crippen LogP) is 3.70. The molecule has 1 atom stereocenters. The molecule has 0 spiro atoms. The van der Waals surface area contributed by atoms with Crippen molar-refractivity contribution in [2.24, 2.45) is 0 Å². The highest BCUT2D eigenvalue weighted by Gasteiger charge is 2.11. The minimum absolute atomic E-state index is 0.482. The predicted molar refractivity (Wildman–Crippen MR) is 68.9 cm³/mol. The van der Waals surface area contributed by atoms with Gasteiger partial charge in [-0.1, -0.05) is 31.2 Å². The van der Waals surface area contributed by atoms with Gasteiger partial charge in [0.15, 0.2) is 0 Å². The van der Waals surface area contributed by atoms with E-state index in [9.17, 15) is 5.11 Å². The van der Waals surface area contributed by atoms with Crippen LogP contribution in [0, 0.1) is 6.92 Å². The first-order valence-electron chi connectivity index (χ1n) is 5.54. The summed E-state index contributed by atoms with van der Waals surface area (Å²) in [7, 11) is 0. The Kier molecular flexibility index (Phi) is 3.42. The van der Waals surface area contributed by atoms with E-state index >= 15 is 0 Å². The van der Waals surface area contributed by atoms with Crippen molar-refractivity contribution >= 4 is 11.3 Å². The minimum atomic E-state index is -0.482. The summed E-state index contributed by atoms with van der Waals surface area (Å²) in [5.41, 5.74) is 2.28. The Labute approximate surface area is 100 Å². The van der Waals surface area contributed by atoms with Crippen molar-refractivity contribution < 1.29 is 5.11 Å². The van der Waals surface area contributed by atoms with E-state index in [0.29, 0.717) is 0 Å². The lowest BCUT2D eigenvalue weighted by Gasteiger charge is -2.09. The van der Waals surface area contributed by atoms with Gasteiger partial charge in [-0.2, -0.15) is 0 Å². The number of aryl methyl sites for hydroxylation is 2. The van der Waals surface area contributed by atoms with E-state index < -0.39 is 6.10 Å². The van der Waals surface area contributed by atoms with Gasteiger partial charge in [-0.3, -0.25) is 0 Å². The molecule has 2 rings (SSSR count). The van der Waals surface area contributed by atoms with Crippen molar-refractivity contribution in [3.05, 3.63) is 57.3 Å². The van der Waals surface area contributed by atoms with Crippen LogP contribution in [-0.2, 0) is 6.42 Å². The lowest BCUT2D eigenvalue weighted by molar-refractivity contribution is 0.224. The Bertz CT molecular complexity index is 456. The first-order chi connectivity index (χ1) is 7.70. The molecule has 1 nitrogen and oxygen atoms in total. The molecule has 84 valence electrons. The van der Waals surface area contributed by atoms with Crippen LogP contribution in [0.15, 0.2) is 36.4 Å². The molecule has 0 amide bonds. The molecule has 1 aromatic carbocycles. The van der Waals surface area contributed by atoms with Crippen LogP contribution < -0.4 is 0 Å². The minimum Gasteiger partial charge on any atom is -0.383 e. The Balaban J connectivity index is 2.23. The molecule has 0 aliphatic carbocycles. The third-order valence-electron chi connectivity index (χ3n) is 2.73. The van der Waals surface area contributed by atoms with Gasteiger partial charge in [0.25, 0.3) is 0 Å². The zero-order valence-corrected chi connectivity index (χ0v) is 10.4. The molecule has 1 N–H and O–H groups in total. The summed E-state index contributed by atoms with van der Waals surface area (Å²) in [5, 5.41) is 10.2. The third kappa shape index (κ3) is 2.34. The number of thiophene rings is 1. The maximum Gasteiger partial charge on any atom is 0.113 e. The summed E-state index contributed by atoms with van der Waals surface area (Å²) in [5.74, 6) is 0. The van der Waals surface area contributed by atoms with Gasteiger partial charge in [-0.15, -0.1) is 11.3 Å². The number of hydrogen-bond acceptors (Lipinski definition) is 2. The fourth-order valence-electron chi connectivity index (χ4n) is 1.70. The van der Waals surface area contributed by atoms with E-state index in [1.165, 1.54) is 10.4 Å². The first kappa shape index (κ1) is 11.4. The van der Waals surface area contributed by atoms with Crippen molar-refractivity contribution in [2.75, 3.05) is 0 Å². The molecule has 1 aromatic heterocycles. The van der Waals surface area contributed by atoms with Gasteiger partial charge in [0.2, 0.25) is 0 Å². The maximum atomic E-state index is 10.2. The standard InChI is InChI=1S/C14H16OS/c1-3-11-5-7-12(8-6-11)14(15)13-9-4-10(2)16-13/h4-9,14-15H,3H2,1-2H3. The van der Waals surface area contributed by atoms with Crippen LogP contribution in [-0.4, -0.2) is 5.11 Å². The fraction of sp³-hybridized carbons (Fsp3) is 0.286. The number of aliphatic hydroxyl groups excluding tert-OH is 1. The molecule has 0 bridgehead atoms. The summed E-state index contributed by atoms with van der Waals surface area (Å²) >= 11 is 1.65. The molecule has 1 unspecified atom stereocenters. The average molecular weight is 232 g/mol. The topological polar surface area (TPSA) is 20.2 Å². The first-order valence-corrected chi connectivity index (χ1v) is 6.35. The molecule has 2 aromatic rings. The van der Waals surface area contributed by atoms with E-state index in [1.54, 1.807) is 11.3 Å². The molecular formula is C14H16OS. The summed E-state index contributed by atoms with van der Waals surface area (Å²) in [6, 6.07) is 12.2. The van der Waals surface area contributed by atoms with Gasteiger partial charge in [-0.25, -0.2) is 0 Å². The van der Waals surface area contributed by atoms with Crippen molar-refractivity contribution in [2.45, 2.75) is 26.4 Å². The molecule has 1 heterocycles. The number of benzene rings is 1. The smallest absolute Gasteiger partial charge is 0.113 e. The largest absolute Gasteiger partial charge is 0.383 e. The van der Waals surface area contributed by atoms with Crippen LogP contribution in [0.25, 0.3) is 0 Å². The van der Waals surface area contributed by atoms with Crippen LogP contribution in [0.2, 0.25) is 0 Å². The molecule has 16 heavy (non-hydrogen) atoms. The molecule has 2 heteroatoms. The summed E-state index contributed by atoms with van der Waals surface area (Å²) in [6.45, 7) is 4.19. The van der Waals surface area contributed by atoms with Crippen LogP contribution in [0.4, 0.5) is 0 Å². The van der Waals surface area contributed by atoms with Gasteiger partial charge in [-0.05, 0) is 36.6 Å². The quantitative estimate of drug-likeness (QED) is 0.855. The SMILES string of the molecule is CCc1ccc(C(O)c2ccc(C)s2)cc1. The highest BCUT2D eigenvalue weighted by Crippen LogP contribution is 2.28. The molecule has 0 radical (unpaired) electrons. The van der Waals surface area contributed by atoms with E-state index in [4.69, 9.17) is 0 Å². The summed E-state index contributed by atoms with van der Waals surface area (Å²) in [6.07, 6.45) is 0.554. The Morgan fingerprint density at radius 3 is 2.31 bits per heavy atom. The number of aliphatic hydroxyl groups is 1. The maximum absolute atomic E-state index is 10.2. The monoisotopic (exact) mass is 232 g/mol. The zero-order chi connectivity index (χ0) is 11.5. The Hall–Kier alpha value is -1.12. The van der Waals surface area contributed by atoms with Crippen LogP contribution in [0.3, 0.4) is 0 Å². The summed E-state index contributed by atoms with van der Waals surface area (Å²) in [4.78, 5) is 2.25. The van der Waals surface area contributed by atoms with Crippen LogP contribution in [0.1, 0.15) is 33.9 Å². The van der Waals surface area contributed by atoms with E-state index in [2.05, 4.69) is 26.0 Å². The van der Waals surface area contributed by atoms with Crippen molar-refractivity contribution in [1.29, 1.82) is 0 Å². The number of hydrogen-bond donors (Lipinski definition) is 1. The molecule has 0 fully saturated rings. The Morgan fingerprint density at radius 1 is 1.12 bits per heavy atom. The Morgan fingerprint density at radius 2 is 1.81 bits per heavy atom. The van der Waals surface area contributed by atoms with Crippen molar-refractivity contribution in [1.82, 2.24) is 0 Å². The third-order valence-corrected chi connectivity index (χ3v) is 3.79. The van der Waals surface area contributed by atoms with E-state index in [1.807, 2.05) is 24.3 Å². The van der Waals surface area contributed by atoms with Gasteiger partial charge in [0, 0.05) is 9.75 Å². The zero-order valence-electron chi connectivity index (χ0n) is 9.60. The number of rotatable bonds is 3. The molecule has 0 aliphatic rings. The fourth-order valence-corrected chi connectivity index (χ4v) is 2.59. The summed E-state index contributed by atoms with van der Waals surface area (Å²) < 4.78 is 0. The average Bonchev–Trinajstić information content (AvgIpc) is 2.75. The molecular weight excluding hydrogens is 216 g/mol. The second-order valence-electron chi connectivity index (χ2n) is 3.95. The highest BCUT2D eigenvalue weighted by atomic mass is 32.1. The molecule has 0 saturated heterocycles. The molecule has 0 aliphatic heterocycles. The molecule has 0 saturated carbocycles. The van der Waals surface area contributed by atoms with Gasteiger partial charge >= 0.3 is 0 Å². The van der Waals surface area contributed by atoms with Gasteiger partial charge in [0.1, 0.15) is 6.10 Å².